The Labute approximate surface area is 125 Å². The highest BCUT2D eigenvalue weighted by atomic mass is 32.2. The van der Waals surface area contributed by atoms with Gasteiger partial charge in [-0.05, 0) is 37.1 Å². The van der Waals surface area contributed by atoms with Crippen LogP contribution in [-0.4, -0.2) is 44.8 Å². The fourth-order valence-electron chi connectivity index (χ4n) is 2.58. The molecule has 3 N–H and O–H groups in total. The molecule has 1 amide bonds. The van der Waals surface area contributed by atoms with Crippen molar-refractivity contribution in [3.63, 3.8) is 0 Å². The minimum absolute atomic E-state index is 0.137. The molecule has 1 fully saturated rings. The van der Waals surface area contributed by atoms with Crippen molar-refractivity contribution in [1.29, 1.82) is 0 Å². The Hall–Kier alpha value is -1.44. The van der Waals surface area contributed by atoms with Crippen LogP contribution in [0.25, 0.3) is 0 Å². The van der Waals surface area contributed by atoms with Crippen LogP contribution in [0.2, 0.25) is 0 Å². The van der Waals surface area contributed by atoms with Gasteiger partial charge in [-0.15, -0.1) is 0 Å². The summed E-state index contributed by atoms with van der Waals surface area (Å²) in [6.45, 7) is 0.830. The fourth-order valence-corrected chi connectivity index (χ4v) is 4.29. The second kappa shape index (κ2) is 6.55. The van der Waals surface area contributed by atoms with E-state index in [9.17, 15) is 13.2 Å². The highest BCUT2D eigenvalue weighted by molar-refractivity contribution is 7.89. The molecule has 0 saturated carbocycles. The molecular formula is C14H21N3O3S. The molecule has 21 heavy (non-hydrogen) atoms. The first-order valence-electron chi connectivity index (χ1n) is 7.04. The van der Waals surface area contributed by atoms with E-state index in [1.165, 1.54) is 35.6 Å². The zero-order valence-electron chi connectivity index (χ0n) is 12.1. The first kappa shape index (κ1) is 15.9. The Morgan fingerprint density at radius 3 is 2.57 bits per heavy atom. The normalized spacial score (nSPS) is 20.2. The maximum Gasteiger partial charge on any atom is 0.251 e. The Kier molecular flexibility index (Phi) is 4.97. The number of piperidine rings is 1. The van der Waals surface area contributed by atoms with Gasteiger partial charge in [0, 0.05) is 31.7 Å². The van der Waals surface area contributed by atoms with Crippen LogP contribution in [-0.2, 0) is 10.0 Å². The molecule has 1 aliphatic rings. The van der Waals surface area contributed by atoms with E-state index in [4.69, 9.17) is 5.73 Å². The van der Waals surface area contributed by atoms with E-state index in [0.717, 1.165) is 19.3 Å². The van der Waals surface area contributed by atoms with E-state index >= 15 is 0 Å². The lowest BCUT2D eigenvalue weighted by molar-refractivity contribution is 0.0963. The lowest BCUT2D eigenvalue weighted by atomic mass is 10.1. The molecule has 0 bridgehead atoms. The van der Waals surface area contributed by atoms with Crippen molar-refractivity contribution in [2.24, 2.45) is 5.73 Å². The molecule has 0 spiro atoms. The summed E-state index contributed by atoms with van der Waals surface area (Å²) in [4.78, 5) is 11.7. The number of nitrogens with one attached hydrogen (secondary N) is 1. The molecule has 0 unspecified atom stereocenters. The van der Waals surface area contributed by atoms with Gasteiger partial charge in [-0.1, -0.05) is 6.42 Å². The lowest BCUT2D eigenvalue weighted by Gasteiger charge is -2.33. The number of benzene rings is 1. The van der Waals surface area contributed by atoms with Crippen LogP contribution in [0.5, 0.6) is 0 Å². The molecule has 7 heteroatoms. The number of nitrogens with zero attached hydrogens (tertiary/aromatic N) is 1. The van der Waals surface area contributed by atoms with E-state index in [-0.39, 0.29) is 16.8 Å². The molecule has 1 atom stereocenters. The molecule has 2 rings (SSSR count). The lowest BCUT2D eigenvalue weighted by Crippen LogP contribution is -2.47. The van der Waals surface area contributed by atoms with Gasteiger partial charge < -0.3 is 11.1 Å². The van der Waals surface area contributed by atoms with E-state index in [1.807, 2.05) is 0 Å². The molecular weight excluding hydrogens is 290 g/mol. The van der Waals surface area contributed by atoms with Crippen LogP contribution in [0.4, 0.5) is 0 Å². The molecule has 6 nitrogen and oxygen atoms in total. The maximum absolute atomic E-state index is 12.7. The molecule has 1 aliphatic heterocycles. The van der Waals surface area contributed by atoms with Crippen LogP contribution in [0.3, 0.4) is 0 Å². The fraction of sp³-hybridized carbons (Fsp3) is 0.500. The van der Waals surface area contributed by atoms with Gasteiger partial charge in [-0.2, -0.15) is 4.31 Å². The van der Waals surface area contributed by atoms with Crippen molar-refractivity contribution in [2.45, 2.75) is 30.2 Å². The molecule has 1 saturated heterocycles. The van der Waals surface area contributed by atoms with E-state index in [0.29, 0.717) is 18.7 Å². The van der Waals surface area contributed by atoms with Crippen LogP contribution in [0, 0.1) is 0 Å². The van der Waals surface area contributed by atoms with Gasteiger partial charge in [0.05, 0.1) is 4.90 Å². The summed E-state index contributed by atoms with van der Waals surface area (Å²) in [5.74, 6) is -0.239. The monoisotopic (exact) mass is 311 g/mol. The zero-order valence-corrected chi connectivity index (χ0v) is 12.9. The summed E-state index contributed by atoms with van der Waals surface area (Å²) in [6.07, 6.45) is 2.65. The third kappa shape index (κ3) is 3.25. The van der Waals surface area contributed by atoms with Gasteiger partial charge in [-0.25, -0.2) is 8.42 Å². The van der Waals surface area contributed by atoms with Gasteiger partial charge in [0.25, 0.3) is 5.91 Å². The van der Waals surface area contributed by atoms with Crippen molar-refractivity contribution >= 4 is 15.9 Å². The van der Waals surface area contributed by atoms with Crippen LogP contribution in [0.1, 0.15) is 29.6 Å². The van der Waals surface area contributed by atoms with Crippen LogP contribution in [0.15, 0.2) is 29.2 Å². The SMILES string of the molecule is CNC(=O)c1ccc(S(=O)(=O)N2CCCC[C@H]2CN)cc1. The Morgan fingerprint density at radius 1 is 1.33 bits per heavy atom. The van der Waals surface area contributed by atoms with Crippen molar-refractivity contribution < 1.29 is 13.2 Å². The summed E-state index contributed by atoms with van der Waals surface area (Å²) >= 11 is 0. The minimum Gasteiger partial charge on any atom is -0.355 e. The van der Waals surface area contributed by atoms with Gasteiger partial charge in [0.15, 0.2) is 0 Å². The smallest absolute Gasteiger partial charge is 0.251 e. The highest BCUT2D eigenvalue weighted by Crippen LogP contribution is 2.25. The largest absolute Gasteiger partial charge is 0.355 e. The van der Waals surface area contributed by atoms with Gasteiger partial charge >= 0.3 is 0 Å². The van der Waals surface area contributed by atoms with E-state index in [1.54, 1.807) is 0 Å². The van der Waals surface area contributed by atoms with Crippen LogP contribution >= 0.6 is 0 Å². The van der Waals surface area contributed by atoms with Crippen molar-refractivity contribution in [3.05, 3.63) is 29.8 Å². The number of carbonyl (C=O) groups excluding carboxylic acids is 1. The summed E-state index contributed by atoms with van der Waals surface area (Å²) < 4.78 is 26.8. The molecule has 0 radical (unpaired) electrons. The van der Waals surface area contributed by atoms with Crippen molar-refractivity contribution in [2.75, 3.05) is 20.1 Å². The second-order valence-corrected chi connectivity index (χ2v) is 7.00. The highest BCUT2D eigenvalue weighted by Gasteiger charge is 2.32. The summed E-state index contributed by atoms with van der Waals surface area (Å²) in [7, 11) is -2.02. The molecule has 0 aliphatic carbocycles. The molecule has 1 heterocycles. The third-order valence-corrected chi connectivity index (χ3v) is 5.76. The first-order chi connectivity index (χ1) is 10.0. The number of sulfonamides is 1. The second-order valence-electron chi connectivity index (χ2n) is 5.10. The average molecular weight is 311 g/mol. The first-order valence-corrected chi connectivity index (χ1v) is 8.48. The predicted molar refractivity (Wildman–Crippen MR) is 80.4 cm³/mol. The molecule has 1 aromatic rings. The predicted octanol–water partition coefficient (Wildman–Crippen LogP) is 0.548. The number of nitrogens with two attached hydrogens (primary N) is 1. The average Bonchev–Trinajstić information content (AvgIpc) is 2.54. The standard InChI is InChI=1S/C14H21N3O3S/c1-16-14(18)11-5-7-13(8-6-11)21(19,20)17-9-3-2-4-12(17)10-15/h5-8,12H,2-4,9-10,15H2,1H3,(H,16,18)/t12-/m0/s1. The Morgan fingerprint density at radius 2 is 2.00 bits per heavy atom. The number of carbonyl (C=O) groups is 1. The number of hydrogen-bond acceptors (Lipinski definition) is 4. The summed E-state index contributed by atoms with van der Waals surface area (Å²) in [5, 5.41) is 2.50. The number of amides is 1. The van der Waals surface area contributed by atoms with Gasteiger partial charge in [0.1, 0.15) is 0 Å². The number of hydrogen-bond donors (Lipinski definition) is 2. The minimum atomic E-state index is -3.55. The quantitative estimate of drug-likeness (QED) is 0.849. The van der Waals surface area contributed by atoms with Crippen molar-refractivity contribution in [1.82, 2.24) is 9.62 Å². The van der Waals surface area contributed by atoms with Crippen molar-refractivity contribution in [3.8, 4) is 0 Å². The molecule has 0 aromatic heterocycles. The summed E-state index contributed by atoms with van der Waals surface area (Å²) in [5.41, 5.74) is 6.13. The van der Waals surface area contributed by atoms with E-state index < -0.39 is 10.0 Å². The van der Waals surface area contributed by atoms with E-state index in [2.05, 4.69) is 5.32 Å². The topological polar surface area (TPSA) is 92.5 Å². The van der Waals surface area contributed by atoms with Gasteiger partial charge in [-0.3, -0.25) is 4.79 Å². The molecule has 116 valence electrons. The Bertz CT molecular complexity index is 598. The Balaban J connectivity index is 2.28. The van der Waals surface area contributed by atoms with Gasteiger partial charge in [0.2, 0.25) is 10.0 Å². The summed E-state index contributed by atoms with van der Waals surface area (Å²) in [6, 6.07) is 5.85. The third-order valence-electron chi connectivity index (χ3n) is 3.80. The van der Waals surface area contributed by atoms with Crippen LogP contribution < -0.4 is 11.1 Å². The zero-order chi connectivity index (χ0) is 15.5. The number of rotatable bonds is 4. The maximum atomic E-state index is 12.7. The molecule has 1 aromatic carbocycles.